The molecule has 0 fully saturated rings. The third-order valence-electron chi connectivity index (χ3n) is 3.01. The van der Waals surface area contributed by atoms with Crippen molar-refractivity contribution in [3.05, 3.63) is 60.1 Å². The SMILES string of the molecule is CC(=O)N[C@@H](CC(=O)NCc1ccco1)c1ccccc1. The molecule has 1 aromatic carbocycles. The van der Waals surface area contributed by atoms with E-state index in [0.717, 1.165) is 5.56 Å². The van der Waals surface area contributed by atoms with Gasteiger partial charge in [0.15, 0.2) is 0 Å². The van der Waals surface area contributed by atoms with Crippen LogP contribution in [-0.2, 0) is 16.1 Å². The molecule has 0 bridgehead atoms. The molecule has 0 aliphatic heterocycles. The van der Waals surface area contributed by atoms with Crippen LogP contribution in [0.25, 0.3) is 0 Å². The molecule has 1 heterocycles. The van der Waals surface area contributed by atoms with Crippen LogP contribution in [0.3, 0.4) is 0 Å². The van der Waals surface area contributed by atoms with Crippen molar-refractivity contribution in [2.24, 2.45) is 0 Å². The van der Waals surface area contributed by atoms with Crippen molar-refractivity contribution in [3.8, 4) is 0 Å². The summed E-state index contributed by atoms with van der Waals surface area (Å²) in [6.45, 7) is 1.78. The molecule has 0 aliphatic carbocycles. The van der Waals surface area contributed by atoms with Crippen molar-refractivity contribution in [1.82, 2.24) is 10.6 Å². The van der Waals surface area contributed by atoms with Gasteiger partial charge in [0, 0.05) is 6.92 Å². The molecule has 0 unspecified atom stereocenters. The van der Waals surface area contributed by atoms with Crippen LogP contribution in [0.5, 0.6) is 0 Å². The molecule has 21 heavy (non-hydrogen) atoms. The molecule has 2 rings (SSSR count). The average molecular weight is 286 g/mol. The molecule has 2 aromatic rings. The number of nitrogens with one attached hydrogen (secondary N) is 2. The number of benzene rings is 1. The van der Waals surface area contributed by atoms with Crippen LogP contribution in [0.15, 0.2) is 53.1 Å². The van der Waals surface area contributed by atoms with Gasteiger partial charge in [0.25, 0.3) is 0 Å². The van der Waals surface area contributed by atoms with Crippen LogP contribution >= 0.6 is 0 Å². The second-order valence-corrected chi connectivity index (χ2v) is 4.72. The van der Waals surface area contributed by atoms with E-state index in [1.54, 1.807) is 18.4 Å². The summed E-state index contributed by atoms with van der Waals surface area (Å²) in [5, 5.41) is 5.57. The zero-order valence-corrected chi connectivity index (χ0v) is 11.8. The summed E-state index contributed by atoms with van der Waals surface area (Å²) < 4.78 is 5.15. The zero-order chi connectivity index (χ0) is 15.1. The first-order valence-corrected chi connectivity index (χ1v) is 6.76. The molecule has 2 N–H and O–H groups in total. The molecule has 0 saturated heterocycles. The number of furan rings is 1. The maximum atomic E-state index is 12.0. The lowest BCUT2D eigenvalue weighted by molar-refractivity contribution is -0.123. The fourth-order valence-electron chi connectivity index (χ4n) is 2.04. The fourth-order valence-corrected chi connectivity index (χ4v) is 2.04. The van der Waals surface area contributed by atoms with E-state index in [1.807, 2.05) is 30.3 Å². The molecule has 5 heteroatoms. The lowest BCUT2D eigenvalue weighted by Gasteiger charge is -2.17. The van der Waals surface area contributed by atoms with Crippen molar-refractivity contribution in [2.45, 2.75) is 25.9 Å². The van der Waals surface area contributed by atoms with Gasteiger partial charge in [-0.05, 0) is 17.7 Å². The fraction of sp³-hybridized carbons (Fsp3) is 0.250. The highest BCUT2D eigenvalue weighted by atomic mass is 16.3. The Morgan fingerprint density at radius 2 is 1.90 bits per heavy atom. The van der Waals surface area contributed by atoms with Crippen LogP contribution in [0.1, 0.15) is 30.7 Å². The number of carbonyl (C=O) groups excluding carboxylic acids is 2. The minimum absolute atomic E-state index is 0.144. The predicted molar refractivity (Wildman–Crippen MR) is 78.2 cm³/mol. The Balaban J connectivity index is 1.94. The zero-order valence-electron chi connectivity index (χ0n) is 11.8. The summed E-state index contributed by atoms with van der Waals surface area (Å²) in [6, 6.07) is 12.7. The van der Waals surface area contributed by atoms with Crippen LogP contribution < -0.4 is 10.6 Å². The van der Waals surface area contributed by atoms with E-state index in [1.165, 1.54) is 6.92 Å². The normalized spacial score (nSPS) is 11.7. The van der Waals surface area contributed by atoms with Crippen LogP contribution in [0.4, 0.5) is 0 Å². The Hall–Kier alpha value is -2.56. The lowest BCUT2D eigenvalue weighted by Crippen LogP contribution is -2.32. The summed E-state index contributed by atoms with van der Waals surface area (Å²) in [4.78, 5) is 23.3. The Morgan fingerprint density at radius 3 is 2.52 bits per heavy atom. The topological polar surface area (TPSA) is 71.3 Å². The molecule has 0 spiro atoms. The number of amides is 2. The smallest absolute Gasteiger partial charge is 0.222 e. The van der Waals surface area contributed by atoms with Gasteiger partial charge in [0.05, 0.1) is 25.3 Å². The first-order valence-electron chi connectivity index (χ1n) is 6.76. The Kier molecular flexibility index (Phi) is 5.15. The van der Waals surface area contributed by atoms with Gasteiger partial charge >= 0.3 is 0 Å². The monoisotopic (exact) mass is 286 g/mol. The van der Waals surface area contributed by atoms with Gasteiger partial charge in [-0.15, -0.1) is 0 Å². The third kappa shape index (κ3) is 4.80. The van der Waals surface area contributed by atoms with Gasteiger partial charge in [0.1, 0.15) is 5.76 Å². The number of hydrogen-bond donors (Lipinski definition) is 2. The maximum absolute atomic E-state index is 12.0. The van der Waals surface area contributed by atoms with E-state index >= 15 is 0 Å². The second kappa shape index (κ2) is 7.28. The average Bonchev–Trinajstić information content (AvgIpc) is 2.98. The highest BCUT2D eigenvalue weighted by Crippen LogP contribution is 2.16. The van der Waals surface area contributed by atoms with Gasteiger partial charge in [-0.2, -0.15) is 0 Å². The van der Waals surface area contributed by atoms with Crippen molar-refractivity contribution in [1.29, 1.82) is 0 Å². The minimum atomic E-state index is -0.333. The largest absolute Gasteiger partial charge is 0.467 e. The molecule has 5 nitrogen and oxygen atoms in total. The molecule has 2 amide bonds. The Morgan fingerprint density at radius 1 is 1.14 bits per heavy atom. The Labute approximate surface area is 123 Å². The predicted octanol–water partition coefficient (Wildman–Crippen LogP) is 2.16. The first-order chi connectivity index (χ1) is 10.1. The van der Waals surface area contributed by atoms with Crippen LogP contribution in [0, 0.1) is 0 Å². The lowest BCUT2D eigenvalue weighted by atomic mass is 10.0. The third-order valence-corrected chi connectivity index (χ3v) is 3.01. The molecule has 0 radical (unpaired) electrons. The minimum Gasteiger partial charge on any atom is -0.467 e. The summed E-state index contributed by atoms with van der Waals surface area (Å²) in [5.41, 5.74) is 0.904. The highest BCUT2D eigenvalue weighted by molar-refractivity contribution is 5.79. The van der Waals surface area contributed by atoms with Gasteiger partial charge in [0.2, 0.25) is 11.8 Å². The maximum Gasteiger partial charge on any atom is 0.222 e. The molecule has 1 aromatic heterocycles. The van der Waals surface area contributed by atoms with E-state index in [0.29, 0.717) is 12.3 Å². The molecule has 110 valence electrons. The van der Waals surface area contributed by atoms with Crippen LogP contribution in [0.2, 0.25) is 0 Å². The molecular weight excluding hydrogens is 268 g/mol. The van der Waals surface area contributed by atoms with Crippen molar-refractivity contribution in [2.75, 3.05) is 0 Å². The standard InChI is InChI=1S/C16H18N2O3/c1-12(19)18-15(13-6-3-2-4-7-13)10-16(20)17-11-14-8-5-9-21-14/h2-9,15H,10-11H2,1H3,(H,17,20)(H,18,19)/t15-/m0/s1. The van der Waals surface area contributed by atoms with Crippen LogP contribution in [-0.4, -0.2) is 11.8 Å². The summed E-state index contributed by atoms with van der Waals surface area (Å²) in [5.74, 6) is 0.385. The second-order valence-electron chi connectivity index (χ2n) is 4.72. The van der Waals surface area contributed by atoms with Gasteiger partial charge < -0.3 is 15.1 Å². The summed E-state index contributed by atoms with van der Waals surface area (Å²) in [7, 11) is 0. The van der Waals surface area contributed by atoms with Gasteiger partial charge in [-0.3, -0.25) is 9.59 Å². The van der Waals surface area contributed by atoms with Crippen molar-refractivity contribution in [3.63, 3.8) is 0 Å². The molecule has 1 atom stereocenters. The van der Waals surface area contributed by atoms with Crippen molar-refractivity contribution >= 4 is 11.8 Å². The summed E-state index contributed by atoms with van der Waals surface area (Å²) >= 11 is 0. The van der Waals surface area contributed by atoms with E-state index in [9.17, 15) is 9.59 Å². The highest BCUT2D eigenvalue weighted by Gasteiger charge is 2.16. The van der Waals surface area contributed by atoms with Gasteiger partial charge in [-0.25, -0.2) is 0 Å². The molecule has 0 saturated carbocycles. The molecule has 0 aliphatic rings. The van der Waals surface area contributed by atoms with E-state index in [-0.39, 0.29) is 24.3 Å². The van der Waals surface area contributed by atoms with E-state index in [4.69, 9.17) is 4.42 Å². The quantitative estimate of drug-likeness (QED) is 0.855. The number of rotatable bonds is 6. The van der Waals surface area contributed by atoms with E-state index < -0.39 is 0 Å². The Bertz CT molecular complexity index is 579. The summed E-state index contributed by atoms with van der Waals surface area (Å²) in [6.07, 6.45) is 1.75. The number of carbonyl (C=O) groups is 2. The van der Waals surface area contributed by atoms with Gasteiger partial charge in [-0.1, -0.05) is 30.3 Å². The molecular formula is C16H18N2O3. The van der Waals surface area contributed by atoms with E-state index in [2.05, 4.69) is 10.6 Å². The number of hydrogen-bond acceptors (Lipinski definition) is 3. The van der Waals surface area contributed by atoms with Crippen molar-refractivity contribution < 1.29 is 14.0 Å². The first kappa shape index (κ1) is 14.8.